The Hall–Kier alpha value is -1.64. The first-order chi connectivity index (χ1) is 9.97. The van der Waals surface area contributed by atoms with Crippen LogP contribution in [0.3, 0.4) is 0 Å². The quantitative estimate of drug-likeness (QED) is 0.880. The van der Waals surface area contributed by atoms with Gasteiger partial charge in [0.25, 0.3) is 5.91 Å². The summed E-state index contributed by atoms with van der Waals surface area (Å²) in [5.74, 6) is -0.528. The summed E-state index contributed by atoms with van der Waals surface area (Å²) in [6.07, 6.45) is -3.06. The number of alkyl halides is 2. The van der Waals surface area contributed by atoms with Gasteiger partial charge < -0.3 is 25.3 Å². The standard InChI is InChI=1S/C13H14F2N2O4.ClH/c14-13(15)20-9-3-1-7(5-11(9)21-13)17-12(18)10-4-2-8(6-16)19-10;/h1,3,5,8,10H,2,4,6,16H2,(H,17,18);1H/t8-,10+;/m1./s1. The van der Waals surface area contributed by atoms with Crippen LogP contribution in [-0.2, 0) is 9.53 Å². The van der Waals surface area contributed by atoms with Gasteiger partial charge in [0.15, 0.2) is 11.5 Å². The Labute approximate surface area is 131 Å². The Balaban J connectivity index is 0.00000176. The minimum atomic E-state index is -3.67. The van der Waals surface area contributed by atoms with Crippen molar-refractivity contribution in [3.05, 3.63) is 18.2 Å². The van der Waals surface area contributed by atoms with Crippen molar-refractivity contribution in [3.63, 3.8) is 0 Å². The monoisotopic (exact) mass is 336 g/mol. The summed E-state index contributed by atoms with van der Waals surface area (Å²) in [6, 6.07) is 4.05. The fourth-order valence-electron chi connectivity index (χ4n) is 2.32. The molecule has 6 nitrogen and oxygen atoms in total. The molecule has 0 saturated carbocycles. The number of nitrogens with two attached hydrogens (primary N) is 1. The first-order valence-electron chi connectivity index (χ1n) is 6.53. The van der Waals surface area contributed by atoms with E-state index in [4.69, 9.17) is 10.5 Å². The van der Waals surface area contributed by atoms with Gasteiger partial charge in [0.05, 0.1) is 6.10 Å². The highest BCUT2D eigenvalue weighted by molar-refractivity contribution is 5.94. The summed E-state index contributed by atoms with van der Waals surface area (Å²) in [5, 5.41) is 2.60. The van der Waals surface area contributed by atoms with E-state index in [0.717, 1.165) is 6.42 Å². The van der Waals surface area contributed by atoms with Crippen molar-refractivity contribution in [3.8, 4) is 11.5 Å². The van der Waals surface area contributed by atoms with Gasteiger partial charge in [0.2, 0.25) is 0 Å². The van der Waals surface area contributed by atoms with Crippen LogP contribution in [0.25, 0.3) is 0 Å². The van der Waals surface area contributed by atoms with Crippen LogP contribution in [0.2, 0.25) is 0 Å². The fraction of sp³-hybridized carbons (Fsp3) is 0.462. The summed E-state index contributed by atoms with van der Waals surface area (Å²) in [6.45, 7) is 0.364. The second-order valence-electron chi connectivity index (χ2n) is 4.88. The Morgan fingerprint density at radius 2 is 2.05 bits per heavy atom. The van der Waals surface area contributed by atoms with Gasteiger partial charge in [0, 0.05) is 18.3 Å². The molecule has 2 atom stereocenters. The maximum Gasteiger partial charge on any atom is 0.586 e. The maximum atomic E-state index is 12.9. The molecule has 0 bridgehead atoms. The number of rotatable bonds is 3. The molecule has 1 aromatic rings. The smallest absolute Gasteiger partial charge is 0.395 e. The van der Waals surface area contributed by atoms with Crippen LogP contribution in [-0.4, -0.2) is 31.0 Å². The lowest BCUT2D eigenvalue weighted by Crippen LogP contribution is -2.29. The molecule has 0 radical (unpaired) electrons. The lowest BCUT2D eigenvalue weighted by atomic mass is 10.2. The second kappa shape index (κ2) is 6.23. The molecule has 3 rings (SSSR count). The number of halogens is 3. The highest BCUT2D eigenvalue weighted by atomic mass is 35.5. The molecule has 9 heteroatoms. The molecule has 2 aliphatic heterocycles. The van der Waals surface area contributed by atoms with Crippen molar-refractivity contribution in [2.24, 2.45) is 5.73 Å². The summed E-state index contributed by atoms with van der Waals surface area (Å²) in [7, 11) is 0. The lowest BCUT2D eigenvalue weighted by molar-refractivity contribution is -0.286. The Morgan fingerprint density at radius 1 is 1.32 bits per heavy atom. The van der Waals surface area contributed by atoms with E-state index in [1.807, 2.05) is 0 Å². The number of hydrogen-bond donors (Lipinski definition) is 2. The van der Waals surface area contributed by atoms with E-state index in [9.17, 15) is 13.6 Å². The molecule has 0 unspecified atom stereocenters. The minimum absolute atomic E-state index is 0. The molecule has 0 spiro atoms. The number of carbonyl (C=O) groups excluding carboxylic acids is 1. The molecule has 0 aliphatic carbocycles. The van der Waals surface area contributed by atoms with Crippen molar-refractivity contribution in [2.45, 2.75) is 31.3 Å². The van der Waals surface area contributed by atoms with E-state index >= 15 is 0 Å². The lowest BCUT2D eigenvalue weighted by Gasteiger charge is -2.12. The predicted octanol–water partition coefficient (Wildman–Crippen LogP) is 1.87. The number of fused-ring (bicyclic) bond motifs is 1. The largest absolute Gasteiger partial charge is 0.586 e. The molecule has 3 N–H and O–H groups in total. The van der Waals surface area contributed by atoms with Crippen molar-refractivity contribution >= 4 is 24.0 Å². The molecule has 1 saturated heterocycles. The van der Waals surface area contributed by atoms with Gasteiger partial charge in [-0.1, -0.05) is 0 Å². The van der Waals surface area contributed by atoms with E-state index in [1.165, 1.54) is 18.2 Å². The summed E-state index contributed by atoms with van der Waals surface area (Å²) >= 11 is 0. The van der Waals surface area contributed by atoms with E-state index in [1.54, 1.807) is 0 Å². The second-order valence-corrected chi connectivity index (χ2v) is 4.88. The fourth-order valence-corrected chi connectivity index (χ4v) is 2.32. The molecule has 1 fully saturated rings. The Kier molecular flexibility index (Phi) is 4.74. The van der Waals surface area contributed by atoms with Crippen molar-refractivity contribution in [1.29, 1.82) is 0 Å². The number of carbonyl (C=O) groups is 1. The molecule has 0 aromatic heterocycles. The number of amides is 1. The summed E-state index contributed by atoms with van der Waals surface area (Å²) < 4.78 is 39.8. The van der Waals surface area contributed by atoms with Crippen molar-refractivity contribution in [2.75, 3.05) is 11.9 Å². The van der Waals surface area contributed by atoms with E-state index in [0.29, 0.717) is 18.7 Å². The first kappa shape index (κ1) is 16.7. The Bertz CT molecular complexity index is 573. The van der Waals surface area contributed by atoms with Crippen LogP contribution < -0.4 is 20.5 Å². The van der Waals surface area contributed by atoms with Crippen LogP contribution >= 0.6 is 12.4 Å². The van der Waals surface area contributed by atoms with Gasteiger partial charge in [-0.3, -0.25) is 4.79 Å². The highest BCUT2D eigenvalue weighted by Crippen LogP contribution is 2.42. The van der Waals surface area contributed by atoms with Gasteiger partial charge in [0.1, 0.15) is 6.10 Å². The van der Waals surface area contributed by atoms with Gasteiger partial charge in [-0.05, 0) is 25.0 Å². The van der Waals surface area contributed by atoms with E-state index in [2.05, 4.69) is 14.8 Å². The molecule has 1 amide bonds. The van der Waals surface area contributed by atoms with Crippen molar-refractivity contribution < 1.29 is 27.8 Å². The maximum absolute atomic E-state index is 12.9. The molecule has 2 heterocycles. The number of benzene rings is 1. The van der Waals surface area contributed by atoms with Crippen LogP contribution in [0.15, 0.2) is 18.2 Å². The number of anilines is 1. The van der Waals surface area contributed by atoms with Gasteiger partial charge in [-0.25, -0.2) is 0 Å². The van der Waals surface area contributed by atoms with E-state index < -0.39 is 12.4 Å². The van der Waals surface area contributed by atoms with Crippen LogP contribution in [0, 0.1) is 0 Å². The predicted molar refractivity (Wildman–Crippen MR) is 75.5 cm³/mol. The van der Waals surface area contributed by atoms with Crippen molar-refractivity contribution in [1.82, 2.24) is 0 Å². The zero-order valence-electron chi connectivity index (χ0n) is 11.4. The van der Waals surface area contributed by atoms with Gasteiger partial charge in [-0.2, -0.15) is 0 Å². The molecule has 2 aliphatic rings. The third-order valence-electron chi connectivity index (χ3n) is 3.33. The topological polar surface area (TPSA) is 82.8 Å². The third kappa shape index (κ3) is 3.40. The van der Waals surface area contributed by atoms with Crippen LogP contribution in [0.1, 0.15) is 12.8 Å². The molecular formula is C13H15ClF2N2O4. The minimum Gasteiger partial charge on any atom is -0.395 e. The first-order valence-corrected chi connectivity index (χ1v) is 6.53. The van der Waals surface area contributed by atoms with Crippen LogP contribution in [0.4, 0.5) is 14.5 Å². The average molecular weight is 337 g/mol. The number of ether oxygens (including phenoxy) is 3. The summed E-state index contributed by atoms with van der Waals surface area (Å²) in [5.41, 5.74) is 5.81. The molecule has 122 valence electrons. The zero-order valence-corrected chi connectivity index (χ0v) is 12.2. The number of nitrogens with one attached hydrogen (secondary N) is 1. The Morgan fingerprint density at radius 3 is 2.73 bits per heavy atom. The average Bonchev–Trinajstić information content (AvgIpc) is 3.00. The highest BCUT2D eigenvalue weighted by Gasteiger charge is 2.43. The normalized spacial score (nSPS) is 24.7. The molecular weight excluding hydrogens is 322 g/mol. The SMILES string of the molecule is Cl.NC[C@H]1CC[C@@H](C(=O)Nc2ccc3c(c2)OC(F)(F)O3)O1. The van der Waals surface area contributed by atoms with Gasteiger partial charge in [-0.15, -0.1) is 21.2 Å². The third-order valence-corrected chi connectivity index (χ3v) is 3.33. The van der Waals surface area contributed by atoms with Crippen LogP contribution in [0.5, 0.6) is 11.5 Å². The molecule has 22 heavy (non-hydrogen) atoms. The zero-order chi connectivity index (χ0) is 15.0. The van der Waals surface area contributed by atoms with E-state index in [-0.39, 0.29) is 35.9 Å². The summed E-state index contributed by atoms with van der Waals surface area (Å²) in [4.78, 5) is 12.0. The van der Waals surface area contributed by atoms with Gasteiger partial charge >= 0.3 is 6.29 Å². The molecule has 1 aromatic carbocycles. The number of hydrogen-bond acceptors (Lipinski definition) is 5.